The van der Waals surface area contributed by atoms with Crippen LogP contribution in [0.25, 0.3) is 0 Å². The highest BCUT2D eigenvalue weighted by atomic mass is 31.0. The van der Waals surface area contributed by atoms with E-state index in [1.165, 1.54) is 6.42 Å². The van der Waals surface area contributed by atoms with Gasteiger partial charge in [0.05, 0.1) is 0 Å². The minimum absolute atomic E-state index is 0.207. The summed E-state index contributed by atoms with van der Waals surface area (Å²) in [6, 6.07) is 0. The molecule has 0 fully saturated rings. The molecule has 0 radical (unpaired) electrons. The van der Waals surface area contributed by atoms with Crippen molar-refractivity contribution < 1.29 is 0 Å². The second-order valence-corrected chi connectivity index (χ2v) is 10.8. The molecule has 0 N–H and O–H groups in total. The molecule has 3 unspecified atom stereocenters. The lowest BCUT2D eigenvalue weighted by atomic mass is 9.59. The van der Waals surface area contributed by atoms with Crippen molar-refractivity contribution in [3.05, 3.63) is 0 Å². The summed E-state index contributed by atoms with van der Waals surface area (Å²) in [6.45, 7) is 16.3. The summed E-state index contributed by atoms with van der Waals surface area (Å²) >= 11 is 0. The summed E-state index contributed by atoms with van der Waals surface area (Å²) < 4.78 is 0. The lowest BCUT2D eigenvalue weighted by Crippen LogP contribution is -2.60. The Kier molecular flexibility index (Phi) is 4.91. The van der Waals surface area contributed by atoms with E-state index < -0.39 is 0 Å². The predicted molar refractivity (Wildman–Crippen MR) is 84.1 cm³/mol. The van der Waals surface area contributed by atoms with Gasteiger partial charge in [0.25, 0.3) is 0 Å². The fourth-order valence-electron chi connectivity index (χ4n) is 3.86. The third kappa shape index (κ3) is 2.76. The number of hydrogen-bond donors (Lipinski definition) is 0. The largest absolute Gasteiger partial charge is 0.131 e. The fraction of sp³-hybridized carbons (Fsp3) is 1.00. The Morgan fingerprint density at radius 2 is 0.867 bits per heavy atom. The first kappa shape index (κ1) is 16.3. The van der Waals surface area contributed by atoms with Gasteiger partial charge in [-0.05, 0) is 27.3 Å². The molecule has 3 atom stereocenters. The van der Waals surface area contributed by atoms with E-state index in [4.69, 9.17) is 0 Å². The minimum atomic E-state index is 0.207. The van der Waals surface area contributed by atoms with Crippen molar-refractivity contribution in [3.63, 3.8) is 0 Å². The molecule has 0 amide bonds. The van der Waals surface area contributed by atoms with Crippen LogP contribution in [0.15, 0.2) is 0 Å². The molecule has 0 saturated carbocycles. The number of rotatable bonds is 4. The van der Waals surface area contributed by atoms with Crippen molar-refractivity contribution in [1.82, 2.24) is 0 Å². The predicted octanol–water partition coefficient (Wildman–Crippen LogP) is 4.34. The van der Waals surface area contributed by atoms with Gasteiger partial charge in [-0.25, -0.2) is 0 Å². The van der Waals surface area contributed by atoms with Crippen LogP contribution in [0.3, 0.4) is 0 Å². The molecule has 0 bridgehead atoms. The van der Waals surface area contributed by atoms with E-state index in [9.17, 15) is 0 Å². The summed E-state index contributed by atoms with van der Waals surface area (Å²) in [5.41, 5.74) is 0.243. The van der Waals surface area contributed by atoms with E-state index in [1.54, 1.807) is 0 Å². The first-order valence-electron chi connectivity index (χ1n) is 5.68. The van der Waals surface area contributed by atoms with Gasteiger partial charge in [0.2, 0.25) is 0 Å². The molecule has 0 nitrogen and oxygen atoms in total. The monoisotopic (exact) mass is 266 g/mol. The fourth-order valence-corrected chi connectivity index (χ4v) is 7.20. The molecule has 0 aliphatic rings. The van der Waals surface area contributed by atoms with Crippen LogP contribution in [0, 0.1) is 5.41 Å². The SMILES string of the molecule is CCC(C(C)(C)P)(C(C)(C)P)C(C)(C)P. The lowest BCUT2D eigenvalue weighted by molar-refractivity contribution is 0.107. The Morgan fingerprint density at radius 3 is 0.867 bits per heavy atom. The van der Waals surface area contributed by atoms with Crippen LogP contribution < -0.4 is 0 Å². The van der Waals surface area contributed by atoms with Crippen LogP contribution >= 0.6 is 27.7 Å². The molecule has 0 aliphatic heterocycles. The van der Waals surface area contributed by atoms with Crippen LogP contribution in [-0.4, -0.2) is 15.5 Å². The first-order chi connectivity index (χ1) is 6.31. The van der Waals surface area contributed by atoms with Gasteiger partial charge in [0, 0.05) is 0 Å². The molecule has 0 aromatic heterocycles. The Labute approximate surface area is 104 Å². The molecule has 3 heteroatoms. The molecule has 15 heavy (non-hydrogen) atoms. The molecule has 0 heterocycles. The second-order valence-electron chi connectivity index (χ2n) is 6.42. The zero-order chi connectivity index (χ0) is 12.7. The first-order valence-corrected chi connectivity index (χ1v) is 7.41. The van der Waals surface area contributed by atoms with Gasteiger partial charge in [0.1, 0.15) is 0 Å². The Morgan fingerprint density at radius 1 is 0.667 bits per heavy atom. The Bertz CT molecular complexity index is 176. The van der Waals surface area contributed by atoms with E-state index >= 15 is 0 Å². The van der Waals surface area contributed by atoms with Crippen LogP contribution in [0.1, 0.15) is 54.9 Å². The van der Waals surface area contributed by atoms with Crippen molar-refractivity contribution >= 4 is 27.7 Å². The van der Waals surface area contributed by atoms with Crippen molar-refractivity contribution in [1.29, 1.82) is 0 Å². The lowest BCUT2D eigenvalue weighted by Gasteiger charge is -2.60. The molecular formula is C12H29P3. The smallest absolute Gasteiger partial charge is 0.00434 e. The van der Waals surface area contributed by atoms with Crippen LogP contribution in [0.2, 0.25) is 0 Å². The maximum atomic E-state index is 3.05. The topological polar surface area (TPSA) is 0 Å². The van der Waals surface area contributed by atoms with Crippen LogP contribution in [0.5, 0.6) is 0 Å². The Hall–Kier alpha value is 1.29. The van der Waals surface area contributed by atoms with Crippen molar-refractivity contribution in [2.75, 3.05) is 0 Å². The average Bonchev–Trinajstić information content (AvgIpc) is 1.76. The van der Waals surface area contributed by atoms with Gasteiger partial charge in [-0.15, -0.1) is 27.7 Å². The molecule has 0 aliphatic carbocycles. The molecule has 0 spiro atoms. The van der Waals surface area contributed by atoms with E-state index in [2.05, 4.69) is 76.2 Å². The standard InChI is InChI=1S/C12H29P3/c1-8-12(9(2,3)13,10(4,5)14)11(6,7)15/h8,13-15H2,1-7H3. The minimum Gasteiger partial charge on any atom is -0.131 e. The van der Waals surface area contributed by atoms with E-state index in [-0.39, 0.29) is 20.9 Å². The zero-order valence-corrected chi connectivity index (χ0v) is 14.9. The summed E-state index contributed by atoms with van der Waals surface area (Å²) in [5, 5.41) is 0.620. The summed E-state index contributed by atoms with van der Waals surface area (Å²) in [6.07, 6.45) is 1.18. The summed E-state index contributed by atoms with van der Waals surface area (Å²) in [7, 11) is 9.16. The molecule has 0 rings (SSSR count). The summed E-state index contributed by atoms with van der Waals surface area (Å²) in [4.78, 5) is 0. The maximum absolute atomic E-state index is 3.05. The van der Waals surface area contributed by atoms with Crippen molar-refractivity contribution in [2.24, 2.45) is 5.41 Å². The average molecular weight is 266 g/mol. The van der Waals surface area contributed by atoms with E-state index in [1.807, 2.05) is 0 Å². The molecular weight excluding hydrogens is 237 g/mol. The van der Waals surface area contributed by atoms with E-state index in [0.717, 1.165) is 0 Å². The van der Waals surface area contributed by atoms with Crippen molar-refractivity contribution in [2.45, 2.75) is 70.4 Å². The van der Waals surface area contributed by atoms with E-state index in [0.29, 0.717) is 0 Å². The van der Waals surface area contributed by atoms with Gasteiger partial charge in [-0.2, -0.15) is 0 Å². The number of hydrogen-bond acceptors (Lipinski definition) is 0. The zero-order valence-electron chi connectivity index (χ0n) is 11.4. The maximum Gasteiger partial charge on any atom is -0.00434 e. The highest BCUT2D eigenvalue weighted by Crippen LogP contribution is 2.61. The van der Waals surface area contributed by atoms with Gasteiger partial charge >= 0.3 is 0 Å². The van der Waals surface area contributed by atoms with Gasteiger partial charge in [-0.3, -0.25) is 0 Å². The molecule has 0 saturated heterocycles. The highest BCUT2D eigenvalue weighted by molar-refractivity contribution is 7.22. The molecule has 0 aromatic carbocycles. The third-order valence-electron chi connectivity index (χ3n) is 3.83. The van der Waals surface area contributed by atoms with Crippen LogP contribution in [0.4, 0.5) is 0 Å². The third-order valence-corrected chi connectivity index (χ3v) is 5.31. The van der Waals surface area contributed by atoms with Gasteiger partial charge < -0.3 is 0 Å². The normalized spacial score (nSPS) is 15.6. The van der Waals surface area contributed by atoms with Crippen LogP contribution in [-0.2, 0) is 0 Å². The summed E-state index contributed by atoms with van der Waals surface area (Å²) in [5.74, 6) is 0. The molecule has 92 valence electrons. The van der Waals surface area contributed by atoms with Gasteiger partial charge in [-0.1, -0.05) is 48.5 Å². The Balaban J connectivity index is 5.78. The van der Waals surface area contributed by atoms with Gasteiger partial charge in [0.15, 0.2) is 0 Å². The molecule has 0 aromatic rings. The van der Waals surface area contributed by atoms with Crippen molar-refractivity contribution in [3.8, 4) is 0 Å². The second kappa shape index (κ2) is 4.52. The quantitative estimate of drug-likeness (QED) is 0.664. The highest BCUT2D eigenvalue weighted by Gasteiger charge is 2.56.